The molecule has 10 heteroatoms. The molecule has 0 aliphatic rings. The van der Waals surface area contributed by atoms with Gasteiger partial charge in [0, 0.05) is 0 Å². The summed E-state index contributed by atoms with van der Waals surface area (Å²) in [5, 5.41) is 0. The Morgan fingerprint density at radius 3 is 0.925 bits per heavy atom. The van der Waals surface area contributed by atoms with E-state index >= 15 is 0 Å². The van der Waals surface area contributed by atoms with Crippen LogP contribution in [-0.4, -0.2) is 55.0 Å². The Labute approximate surface area is 270 Å². The summed E-state index contributed by atoms with van der Waals surface area (Å²) in [7, 11) is 6.27. The lowest BCUT2D eigenvalue weighted by Crippen LogP contribution is -2.39. The standard InChI is InChI=1S/C30H66O4S4Si2/c1-7-13-19-23-31-29(39-27-17-11-5,32-24-20-14-8-2)35-37-38-36-30(40-28-18-12-6,33-25-21-15-9-3)34-26-22-16-10-4/h7-28,39-40H2,1-6H3. The van der Waals surface area contributed by atoms with Crippen LogP contribution in [-0.2, 0) is 18.9 Å². The van der Waals surface area contributed by atoms with Gasteiger partial charge in [-0.2, -0.15) is 0 Å². The van der Waals surface area contributed by atoms with Crippen LogP contribution in [0.5, 0.6) is 0 Å². The normalized spacial score (nSPS) is 13.1. The lowest BCUT2D eigenvalue weighted by atomic mass is 10.3. The molecule has 0 bridgehead atoms. The molecule has 242 valence electrons. The van der Waals surface area contributed by atoms with E-state index in [1.54, 1.807) is 0 Å². The van der Waals surface area contributed by atoms with Gasteiger partial charge in [-0.1, -0.05) is 131 Å². The zero-order chi connectivity index (χ0) is 29.6. The Bertz CT molecular complexity index is 456. The topological polar surface area (TPSA) is 36.9 Å². The van der Waals surface area contributed by atoms with E-state index in [4.69, 9.17) is 18.9 Å². The smallest absolute Gasteiger partial charge is 0.200 e. The van der Waals surface area contributed by atoms with Crippen molar-refractivity contribution in [1.82, 2.24) is 0 Å². The van der Waals surface area contributed by atoms with Gasteiger partial charge in [0.2, 0.25) is 9.48 Å². The molecule has 0 aromatic carbocycles. The molecular weight excluding hydrogens is 609 g/mol. The Morgan fingerprint density at radius 1 is 0.400 bits per heavy atom. The average molecular weight is 675 g/mol. The summed E-state index contributed by atoms with van der Waals surface area (Å²) < 4.78 is 25.8. The van der Waals surface area contributed by atoms with Gasteiger partial charge in [0.25, 0.3) is 0 Å². The predicted octanol–water partition coefficient (Wildman–Crippen LogP) is 10.5. The molecule has 0 radical (unpaired) electrons. The van der Waals surface area contributed by atoms with E-state index in [0.29, 0.717) is 0 Å². The zero-order valence-electron chi connectivity index (χ0n) is 27.2. The third-order valence-corrected chi connectivity index (χ3v) is 20.4. The van der Waals surface area contributed by atoms with E-state index in [1.807, 2.05) is 41.2 Å². The fourth-order valence-corrected chi connectivity index (χ4v) is 19.4. The van der Waals surface area contributed by atoms with E-state index in [2.05, 4.69) is 41.5 Å². The average Bonchev–Trinajstić information content (AvgIpc) is 2.96. The van der Waals surface area contributed by atoms with Crippen molar-refractivity contribution in [2.75, 3.05) is 26.4 Å². The van der Waals surface area contributed by atoms with Crippen LogP contribution in [0.2, 0.25) is 12.1 Å². The number of hydrogen-bond acceptors (Lipinski definition) is 8. The molecule has 0 unspecified atom stereocenters. The van der Waals surface area contributed by atoms with Gasteiger partial charge in [-0.3, -0.25) is 0 Å². The Hall–Kier alpha value is 1.67. The molecule has 40 heavy (non-hydrogen) atoms. The first-order valence-corrected chi connectivity index (χ1v) is 25.1. The third-order valence-electron chi connectivity index (χ3n) is 6.80. The summed E-state index contributed by atoms with van der Waals surface area (Å²) in [5.41, 5.74) is 0. The van der Waals surface area contributed by atoms with Crippen molar-refractivity contribution in [2.24, 2.45) is 0 Å². The Morgan fingerprint density at radius 2 is 0.675 bits per heavy atom. The summed E-state index contributed by atoms with van der Waals surface area (Å²) in [6, 6.07) is 2.55. The molecule has 0 saturated heterocycles. The second-order valence-corrected chi connectivity index (χ2v) is 22.2. The SMILES string of the molecule is CCCCCOC(OCCCCC)([SiH2]CCCC)SSSSC(OCCCCC)(OCCCCC)[SiH2]CCCC. The minimum atomic E-state index is -0.557. The van der Waals surface area contributed by atoms with Crippen LogP contribution >= 0.6 is 41.2 Å². The maximum absolute atomic E-state index is 6.66. The third kappa shape index (κ3) is 23.1. The molecule has 0 amide bonds. The Kier molecular flexibility index (Phi) is 32.0. The fourth-order valence-electron chi connectivity index (χ4n) is 4.18. The quantitative estimate of drug-likeness (QED) is 0.0295. The van der Waals surface area contributed by atoms with Crippen LogP contribution in [0.15, 0.2) is 0 Å². The van der Waals surface area contributed by atoms with Gasteiger partial charge in [-0.05, 0) is 66.9 Å². The molecule has 0 heterocycles. The monoisotopic (exact) mass is 674 g/mol. The Balaban J connectivity index is 5.45. The van der Waals surface area contributed by atoms with E-state index < -0.39 is 28.5 Å². The first kappa shape index (κ1) is 41.7. The molecule has 4 nitrogen and oxygen atoms in total. The van der Waals surface area contributed by atoms with Gasteiger partial charge < -0.3 is 18.9 Å². The predicted molar refractivity (Wildman–Crippen MR) is 194 cm³/mol. The maximum Gasteiger partial charge on any atom is 0.200 e. The van der Waals surface area contributed by atoms with Gasteiger partial charge in [0.15, 0.2) is 0 Å². The summed E-state index contributed by atoms with van der Waals surface area (Å²) in [4.78, 5) is 0. The lowest BCUT2D eigenvalue weighted by Gasteiger charge is -2.34. The van der Waals surface area contributed by atoms with Gasteiger partial charge in [-0.15, -0.1) is 0 Å². The van der Waals surface area contributed by atoms with Crippen molar-refractivity contribution in [3.8, 4) is 0 Å². The summed E-state index contributed by atoms with van der Waals surface area (Å²) in [5.74, 6) is 0. The van der Waals surface area contributed by atoms with Crippen LogP contribution in [0.4, 0.5) is 0 Å². The highest BCUT2D eigenvalue weighted by atomic mass is 33.7. The molecule has 0 aromatic heterocycles. The second kappa shape index (κ2) is 30.7. The molecular formula is C30H66O4S4Si2. The molecule has 0 aromatic rings. The summed E-state index contributed by atoms with van der Waals surface area (Å²) >= 11 is 0. The van der Waals surface area contributed by atoms with Crippen LogP contribution < -0.4 is 0 Å². The largest absolute Gasteiger partial charge is 0.345 e. The van der Waals surface area contributed by atoms with E-state index in [9.17, 15) is 0 Å². The van der Waals surface area contributed by atoms with Crippen LogP contribution in [0.25, 0.3) is 0 Å². The van der Waals surface area contributed by atoms with Crippen LogP contribution in [0.1, 0.15) is 144 Å². The number of rotatable bonds is 33. The minimum Gasteiger partial charge on any atom is -0.345 e. The van der Waals surface area contributed by atoms with Crippen molar-refractivity contribution < 1.29 is 18.9 Å². The van der Waals surface area contributed by atoms with Crippen LogP contribution in [0.3, 0.4) is 0 Å². The van der Waals surface area contributed by atoms with Crippen LogP contribution in [0, 0.1) is 0 Å². The first-order chi connectivity index (χ1) is 19.6. The van der Waals surface area contributed by atoms with Crippen molar-refractivity contribution >= 4 is 60.3 Å². The molecule has 0 aliphatic carbocycles. The highest BCUT2D eigenvalue weighted by Gasteiger charge is 2.36. The fraction of sp³-hybridized carbons (Fsp3) is 1.00. The second-order valence-electron chi connectivity index (χ2n) is 10.8. The highest BCUT2D eigenvalue weighted by molar-refractivity contribution is 9.26. The summed E-state index contributed by atoms with van der Waals surface area (Å²) in [6.45, 7) is 16.8. The van der Waals surface area contributed by atoms with Crippen molar-refractivity contribution in [1.29, 1.82) is 0 Å². The molecule has 0 aliphatic heterocycles. The number of ether oxygens (including phenoxy) is 4. The van der Waals surface area contributed by atoms with E-state index in [1.165, 1.54) is 89.1 Å². The first-order valence-electron chi connectivity index (χ1n) is 16.8. The molecule has 0 saturated carbocycles. The zero-order valence-corrected chi connectivity index (χ0v) is 33.3. The molecule has 0 N–H and O–H groups in total. The highest BCUT2D eigenvalue weighted by Crippen LogP contribution is 2.54. The number of unbranched alkanes of at least 4 members (excludes halogenated alkanes) is 10. The van der Waals surface area contributed by atoms with Crippen molar-refractivity contribution in [3.05, 3.63) is 0 Å². The van der Waals surface area contributed by atoms with Gasteiger partial charge in [-0.25, -0.2) is 0 Å². The molecule has 0 rings (SSSR count). The number of hydrogen-bond donors (Lipinski definition) is 0. The molecule has 0 fully saturated rings. The minimum absolute atomic E-state index is 0.429. The lowest BCUT2D eigenvalue weighted by molar-refractivity contribution is -0.118. The van der Waals surface area contributed by atoms with Crippen molar-refractivity contribution in [3.63, 3.8) is 0 Å². The molecule has 0 atom stereocenters. The maximum atomic E-state index is 6.66. The van der Waals surface area contributed by atoms with Gasteiger partial charge in [0.05, 0.1) is 26.4 Å². The van der Waals surface area contributed by atoms with E-state index in [0.717, 1.165) is 52.1 Å². The van der Waals surface area contributed by atoms with Gasteiger partial charge in [0.1, 0.15) is 19.0 Å². The van der Waals surface area contributed by atoms with Crippen molar-refractivity contribution in [2.45, 2.75) is 166 Å². The van der Waals surface area contributed by atoms with Gasteiger partial charge >= 0.3 is 0 Å². The van der Waals surface area contributed by atoms with E-state index in [-0.39, 0.29) is 0 Å². The summed E-state index contributed by atoms with van der Waals surface area (Å²) in [6.07, 6.45) is 19.3. The molecule has 0 spiro atoms.